The van der Waals surface area contributed by atoms with Crippen molar-refractivity contribution in [2.45, 2.75) is 117 Å². The number of nitrogens with one attached hydrogen (secondary N) is 1. The second kappa shape index (κ2) is 18.0. The summed E-state index contributed by atoms with van der Waals surface area (Å²) in [5.74, 6) is -0.319. The number of ether oxygens (including phenoxy) is 1. The van der Waals surface area contributed by atoms with Crippen LogP contribution in [0.4, 0.5) is 0 Å². The van der Waals surface area contributed by atoms with Crippen molar-refractivity contribution in [1.29, 1.82) is 0 Å². The van der Waals surface area contributed by atoms with Gasteiger partial charge in [0, 0.05) is 5.57 Å². The lowest BCUT2D eigenvalue weighted by Crippen LogP contribution is -2.31. The van der Waals surface area contributed by atoms with Gasteiger partial charge in [-0.25, -0.2) is 4.79 Å². The van der Waals surface area contributed by atoms with Crippen molar-refractivity contribution in [3.05, 3.63) is 12.2 Å². The summed E-state index contributed by atoms with van der Waals surface area (Å²) in [6.45, 7) is 10.3. The van der Waals surface area contributed by atoms with Crippen molar-refractivity contribution in [1.82, 2.24) is 5.32 Å². The molecule has 0 aromatic rings. The molecule has 0 amide bonds. The minimum Gasteiger partial charge on any atom is -0.444 e. The fraction of sp³-hybridized carbons (Fsp3) is 0.864. The third-order valence-electron chi connectivity index (χ3n) is 4.59. The van der Waals surface area contributed by atoms with Crippen LogP contribution in [0.5, 0.6) is 0 Å². The summed E-state index contributed by atoms with van der Waals surface area (Å²) < 4.78 is 5.18. The predicted molar refractivity (Wildman–Crippen MR) is 109 cm³/mol. The van der Waals surface area contributed by atoms with Crippen LogP contribution < -0.4 is 5.32 Å². The summed E-state index contributed by atoms with van der Waals surface area (Å²) in [5, 5.41) is 3.23. The average molecular weight is 354 g/mol. The summed E-state index contributed by atoms with van der Waals surface area (Å²) >= 11 is 0. The van der Waals surface area contributed by atoms with E-state index in [0.29, 0.717) is 5.57 Å². The van der Waals surface area contributed by atoms with Crippen LogP contribution in [0.1, 0.15) is 111 Å². The fourth-order valence-electron chi connectivity index (χ4n) is 2.93. The van der Waals surface area contributed by atoms with Crippen molar-refractivity contribution in [2.24, 2.45) is 0 Å². The predicted octanol–water partition coefficient (Wildman–Crippen LogP) is 6.52. The highest BCUT2D eigenvalue weighted by atomic mass is 16.6. The lowest BCUT2D eigenvalue weighted by molar-refractivity contribution is -0.144. The second-order valence-corrected chi connectivity index (χ2v) is 7.38. The Labute approximate surface area is 157 Å². The highest BCUT2D eigenvalue weighted by Gasteiger charge is 2.08. The molecule has 0 aliphatic heterocycles. The molecule has 3 heteroatoms. The molecule has 0 radical (unpaired) electrons. The van der Waals surface area contributed by atoms with E-state index in [1.165, 1.54) is 83.5 Å². The maximum absolute atomic E-state index is 11.4. The van der Waals surface area contributed by atoms with E-state index < -0.39 is 0 Å². The van der Waals surface area contributed by atoms with Gasteiger partial charge >= 0.3 is 5.97 Å². The minimum atomic E-state index is -0.319. The Hall–Kier alpha value is -0.830. The molecule has 1 N–H and O–H groups in total. The summed E-state index contributed by atoms with van der Waals surface area (Å²) in [7, 11) is 0. The van der Waals surface area contributed by atoms with Gasteiger partial charge in [0.2, 0.25) is 0 Å². The molecule has 0 saturated carbocycles. The van der Waals surface area contributed by atoms with Crippen LogP contribution in [0.3, 0.4) is 0 Å². The Morgan fingerprint density at radius 2 is 1.24 bits per heavy atom. The van der Waals surface area contributed by atoms with Crippen LogP contribution in [0, 0.1) is 0 Å². The summed E-state index contributed by atoms with van der Waals surface area (Å²) in [4.78, 5) is 11.4. The number of rotatable bonds is 18. The van der Waals surface area contributed by atoms with Gasteiger partial charge in [-0.15, -0.1) is 0 Å². The maximum atomic E-state index is 11.4. The quantitative estimate of drug-likeness (QED) is 0.132. The van der Waals surface area contributed by atoms with E-state index in [2.05, 4.69) is 18.8 Å². The van der Waals surface area contributed by atoms with Crippen molar-refractivity contribution in [3.8, 4) is 0 Å². The molecular formula is C22H43NO2. The van der Waals surface area contributed by atoms with Gasteiger partial charge in [0.1, 0.15) is 0 Å². The Morgan fingerprint density at radius 1 is 0.840 bits per heavy atom. The van der Waals surface area contributed by atoms with Gasteiger partial charge in [0.25, 0.3) is 0 Å². The van der Waals surface area contributed by atoms with Gasteiger partial charge in [-0.05, 0) is 26.8 Å². The molecule has 25 heavy (non-hydrogen) atoms. The molecule has 0 rings (SSSR count). The molecule has 0 fully saturated rings. The molecule has 0 aliphatic carbocycles. The normalized spacial score (nSPS) is 12.1. The van der Waals surface area contributed by atoms with Gasteiger partial charge in [0.15, 0.2) is 6.23 Å². The SMILES string of the molecule is C=C(C)C(=O)OC(C)NCCCCCCCCCCCCCCCC. The zero-order chi connectivity index (χ0) is 18.8. The standard InChI is InChI=1S/C22H43NO2/c1-5-6-7-8-9-10-11-12-13-14-15-16-17-18-19-23-21(4)25-22(24)20(2)3/h21,23H,2,5-19H2,1,3-4H3. The lowest BCUT2D eigenvalue weighted by atomic mass is 10.0. The van der Waals surface area contributed by atoms with E-state index in [0.717, 1.165) is 13.0 Å². The van der Waals surface area contributed by atoms with Crippen molar-refractivity contribution in [2.75, 3.05) is 6.54 Å². The smallest absolute Gasteiger partial charge is 0.334 e. The number of carbonyl (C=O) groups is 1. The number of unbranched alkanes of at least 4 members (excludes halogenated alkanes) is 13. The van der Waals surface area contributed by atoms with E-state index in [1.54, 1.807) is 6.92 Å². The maximum Gasteiger partial charge on any atom is 0.334 e. The van der Waals surface area contributed by atoms with Crippen LogP contribution in [0.25, 0.3) is 0 Å². The first-order valence-corrected chi connectivity index (χ1v) is 10.7. The third-order valence-corrected chi connectivity index (χ3v) is 4.59. The Morgan fingerprint density at radius 3 is 1.64 bits per heavy atom. The van der Waals surface area contributed by atoms with Crippen LogP contribution >= 0.6 is 0 Å². The zero-order valence-electron chi connectivity index (χ0n) is 17.2. The topological polar surface area (TPSA) is 38.3 Å². The zero-order valence-corrected chi connectivity index (χ0v) is 17.2. The first-order chi connectivity index (χ1) is 12.1. The van der Waals surface area contributed by atoms with Crippen molar-refractivity contribution in [3.63, 3.8) is 0 Å². The molecule has 0 aliphatic rings. The summed E-state index contributed by atoms with van der Waals surface area (Å²) in [5.41, 5.74) is 0.449. The van der Waals surface area contributed by atoms with E-state index in [4.69, 9.17) is 4.74 Å². The van der Waals surface area contributed by atoms with E-state index >= 15 is 0 Å². The molecule has 0 heterocycles. The summed E-state index contributed by atoms with van der Waals surface area (Å²) in [6, 6.07) is 0. The molecular weight excluding hydrogens is 310 g/mol. The van der Waals surface area contributed by atoms with E-state index in [-0.39, 0.29) is 12.2 Å². The van der Waals surface area contributed by atoms with Crippen LogP contribution in [0.2, 0.25) is 0 Å². The molecule has 0 saturated heterocycles. The average Bonchev–Trinajstić information content (AvgIpc) is 2.58. The van der Waals surface area contributed by atoms with Gasteiger partial charge in [-0.2, -0.15) is 0 Å². The number of carbonyl (C=O) groups excluding carboxylic acids is 1. The Kier molecular flexibility index (Phi) is 17.4. The molecule has 0 bridgehead atoms. The van der Waals surface area contributed by atoms with Crippen molar-refractivity contribution >= 4 is 5.97 Å². The molecule has 1 atom stereocenters. The molecule has 0 aromatic heterocycles. The number of hydrogen-bond acceptors (Lipinski definition) is 3. The number of hydrogen-bond donors (Lipinski definition) is 1. The first kappa shape index (κ1) is 24.2. The van der Waals surface area contributed by atoms with E-state index in [9.17, 15) is 4.79 Å². The molecule has 148 valence electrons. The summed E-state index contributed by atoms with van der Waals surface area (Å²) in [6.07, 6.45) is 19.0. The molecule has 0 spiro atoms. The molecule has 3 nitrogen and oxygen atoms in total. The lowest BCUT2D eigenvalue weighted by Gasteiger charge is -2.14. The van der Waals surface area contributed by atoms with Crippen LogP contribution in [-0.2, 0) is 9.53 Å². The van der Waals surface area contributed by atoms with Crippen molar-refractivity contribution < 1.29 is 9.53 Å². The first-order valence-electron chi connectivity index (χ1n) is 10.7. The largest absolute Gasteiger partial charge is 0.444 e. The Bertz CT molecular complexity index is 328. The monoisotopic (exact) mass is 353 g/mol. The Balaban J connectivity index is 3.19. The second-order valence-electron chi connectivity index (χ2n) is 7.38. The fourth-order valence-corrected chi connectivity index (χ4v) is 2.93. The van der Waals surface area contributed by atoms with Gasteiger partial charge in [0.05, 0.1) is 0 Å². The molecule has 1 unspecified atom stereocenters. The number of esters is 1. The highest BCUT2D eigenvalue weighted by Crippen LogP contribution is 2.12. The van der Waals surface area contributed by atoms with Crippen LogP contribution in [-0.4, -0.2) is 18.7 Å². The third kappa shape index (κ3) is 17.8. The van der Waals surface area contributed by atoms with Gasteiger partial charge in [-0.3, -0.25) is 5.32 Å². The van der Waals surface area contributed by atoms with Gasteiger partial charge in [-0.1, -0.05) is 97.0 Å². The van der Waals surface area contributed by atoms with Crippen LogP contribution in [0.15, 0.2) is 12.2 Å². The minimum absolute atomic E-state index is 0.230. The van der Waals surface area contributed by atoms with Gasteiger partial charge < -0.3 is 4.74 Å². The van der Waals surface area contributed by atoms with E-state index in [1.807, 2.05) is 6.92 Å². The highest BCUT2D eigenvalue weighted by molar-refractivity contribution is 5.87. The molecule has 0 aromatic carbocycles.